The average Bonchev–Trinajstić information content (AvgIpc) is 3.39. The van der Waals surface area contributed by atoms with Crippen LogP contribution >= 0.6 is 58.5 Å². The second-order valence-corrected chi connectivity index (χ2v) is 12.8. The minimum atomic E-state index is -1.19. The molecule has 204 valence electrons. The number of carboxylic acids is 1. The Morgan fingerprint density at radius 2 is 2.08 bits per heavy atom. The van der Waals surface area contributed by atoms with Gasteiger partial charge >= 0.3 is 5.97 Å². The molecule has 1 unspecified atom stereocenters. The molecule has 2 amide bonds. The molecule has 3 aliphatic rings. The Morgan fingerprint density at radius 3 is 2.87 bits per heavy atom. The van der Waals surface area contributed by atoms with Gasteiger partial charge in [-0.3, -0.25) is 14.5 Å². The number of hydrogen-bond donors (Lipinski definition) is 3. The third kappa shape index (κ3) is 6.04. The van der Waals surface area contributed by atoms with E-state index in [0.717, 1.165) is 30.5 Å². The number of benzene rings is 1. The fourth-order valence-electron chi connectivity index (χ4n) is 4.53. The first-order chi connectivity index (χ1) is 18.7. The summed E-state index contributed by atoms with van der Waals surface area (Å²) in [5, 5.41) is 13.7. The van der Waals surface area contributed by atoms with Crippen LogP contribution in [-0.4, -0.2) is 66.4 Å². The molecule has 1 saturated heterocycles. The van der Waals surface area contributed by atoms with Crippen molar-refractivity contribution in [2.75, 3.05) is 23.0 Å². The Balaban J connectivity index is 1.19. The summed E-state index contributed by atoms with van der Waals surface area (Å²) in [6, 6.07) is 4.18. The molecule has 1 aromatic heterocycles. The van der Waals surface area contributed by atoms with Crippen molar-refractivity contribution < 1.29 is 19.5 Å². The van der Waals surface area contributed by atoms with Gasteiger partial charge in [0.2, 0.25) is 5.91 Å². The van der Waals surface area contributed by atoms with Crippen molar-refractivity contribution in [3.05, 3.63) is 62.9 Å². The summed E-state index contributed by atoms with van der Waals surface area (Å²) in [5.74, 6) is -0.527. The number of rotatable bonds is 9. The van der Waals surface area contributed by atoms with Gasteiger partial charge in [-0.2, -0.15) is 0 Å². The first-order valence-corrected chi connectivity index (χ1v) is 15.7. The van der Waals surface area contributed by atoms with Crippen LogP contribution in [0.5, 0.6) is 0 Å². The zero-order valence-electron chi connectivity index (χ0n) is 20.4. The lowest BCUT2D eigenvalue weighted by Crippen LogP contribution is -2.70. The van der Waals surface area contributed by atoms with Crippen molar-refractivity contribution in [1.82, 2.24) is 20.2 Å². The Bertz CT molecular complexity index is 1420. The lowest BCUT2D eigenvalue weighted by atomic mass is 10.0. The second-order valence-electron chi connectivity index (χ2n) is 8.88. The van der Waals surface area contributed by atoms with Crippen LogP contribution < -0.4 is 11.1 Å². The number of aliphatic carboxylic acids is 1. The Kier molecular flexibility index (Phi) is 8.67. The van der Waals surface area contributed by atoms with Gasteiger partial charge in [0.25, 0.3) is 5.91 Å². The number of carbonyl (C=O) groups excluding carboxylic acids is 2. The molecule has 1 aromatic carbocycles. The quantitative estimate of drug-likeness (QED) is 0.213. The molecule has 1 fully saturated rings. The van der Waals surface area contributed by atoms with Crippen LogP contribution in [0.1, 0.15) is 17.7 Å². The monoisotopic (exact) mass is 623 g/mol. The molecule has 2 atom stereocenters. The molecule has 14 heteroatoms. The molecular weight excluding hydrogens is 601 g/mol. The molecule has 0 spiro atoms. The predicted molar refractivity (Wildman–Crippen MR) is 155 cm³/mol. The van der Waals surface area contributed by atoms with Crippen LogP contribution in [0.3, 0.4) is 0 Å². The number of allylic oxidation sites excluding steroid dienone is 1. The zero-order valence-corrected chi connectivity index (χ0v) is 24.3. The summed E-state index contributed by atoms with van der Waals surface area (Å²) in [4.78, 5) is 48.4. The number of aryl methyl sites for hydroxylation is 1. The number of nitrogens with one attached hydrogen (secondary N) is 1. The highest BCUT2D eigenvalue weighted by atomic mass is 35.5. The topological polar surface area (TPSA) is 139 Å². The van der Waals surface area contributed by atoms with Gasteiger partial charge in [-0.25, -0.2) is 14.8 Å². The summed E-state index contributed by atoms with van der Waals surface area (Å²) in [7, 11) is 0. The molecule has 4 N–H and O–H groups in total. The summed E-state index contributed by atoms with van der Waals surface area (Å²) in [6.45, 7) is 0. The van der Waals surface area contributed by atoms with Crippen LogP contribution in [0.25, 0.3) is 0 Å². The van der Waals surface area contributed by atoms with Gasteiger partial charge in [0.1, 0.15) is 22.9 Å². The smallest absolute Gasteiger partial charge is 0.352 e. The predicted octanol–water partition coefficient (Wildman–Crippen LogP) is 4.03. The number of hydrogen-bond acceptors (Lipinski definition) is 9. The van der Waals surface area contributed by atoms with Crippen molar-refractivity contribution in [3.63, 3.8) is 0 Å². The normalized spacial score (nSPS) is 20.2. The number of halogens is 2. The van der Waals surface area contributed by atoms with Crippen LogP contribution in [0.2, 0.25) is 10.0 Å². The second kappa shape index (κ2) is 12.0. The summed E-state index contributed by atoms with van der Waals surface area (Å²) in [6.07, 6.45) is 6.40. The molecule has 3 heterocycles. The largest absolute Gasteiger partial charge is 0.477 e. The van der Waals surface area contributed by atoms with E-state index in [1.807, 2.05) is 6.08 Å². The molecule has 0 bridgehead atoms. The van der Waals surface area contributed by atoms with E-state index in [9.17, 15) is 19.5 Å². The highest BCUT2D eigenvalue weighted by molar-refractivity contribution is 8.00. The van der Waals surface area contributed by atoms with Gasteiger partial charge in [-0.1, -0.05) is 47.1 Å². The van der Waals surface area contributed by atoms with Gasteiger partial charge in [0.05, 0.1) is 16.5 Å². The molecule has 2 aliphatic heterocycles. The van der Waals surface area contributed by atoms with E-state index in [1.165, 1.54) is 40.2 Å². The number of thioether (sulfide) groups is 3. The minimum absolute atomic E-state index is 0.0358. The van der Waals surface area contributed by atoms with Crippen LogP contribution in [-0.2, 0) is 27.2 Å². The molecule has 5 rings (SSSR count). The SMILES string of the molecule is Nc1nc(SC/C=C/C2=C(C(=O)O)N3C(=O)[C@@H](NC(=O)CSc4cc(Cl)ccc4Cl)C3SC2)nc2c1CCC2. The Labute approximate surface area is 247 Å². The van der Waals surface area contributed by atoms with Gasteiger partial charge < -0.3 is 16.2 Å². The summed E-state index contributed by atoms with van der Waals surface area (Å²) in [5.41, 5.74) is 8.57. The van der Waals surface area contributed by atoms with Gasteiger partial charge in [-0.15, -0.1) is 23.5 Å². The lowest BCUT2D eigenvalue weighted by Gasteiger charge is -2.49. The van der Waals surface area contributed by atoms with E-state index in [0.29, 0.717) is 43.0 Å². The lowest BCUT2D eigenvalue weighted by molar-refractivity contribution is -0.150. The fraction of sp³-hybridized carbons (Fsp3) is 0.320. The van der Waals surface area contributed by atoms with E-state index >= 15 is 0 Å². The van der Waals surface area contributed by atoms with Crippen LogP contribution in [0.15, 0.2) is 51.7 Å². The molecule has 0 radical (unpaired) electrons. The third-order valence-electron chi connectivity index (χ3n) is 6.34. The van der Waals surface area contributed by atoms with Gasteiger partial charge in [0.15, 0.2) is 5.16 Å². The van der Waals surface area contributed by atoms with Crippen molar-refractivity contribution in [3.8, 4) is 0 Å². The number of nitrogen functional groups attached to an aromatic ring is 1. The molecule has 2 aromatic rings. The number of anilines is 1. The molecule has 9 nitrogen and oxygen atoms in total. The van der Waals surface area contributed by atoms with E-state index in [2.05, 4.69) is 15.3 Å². The van der Waals surface area contributed by atoms with E-state index in [4.69, 9.17) is 28.9 Å². The van der Waals surface area contributed by atoms with Crippen molar-refractivity contribution >= 4 is 82.1 Å². The third-order valence-corrected chi connectivity index (χ3v) is 10.2. The molecule has 0 saturated carbocycles. The maximum atomic E-state index is 12.9. The average molecular weight is 625 g/mol. The maximum absolute atomic E-state index is 12.9. The number of β-lactam (4-membered cyclic amide) rings is 1. The van der Waals surface area contributed by atoms with Crippen LogP contribution in [0, 0.1) is 0 Å². The van der Waals surface area contributed by atoms with Crippen molar-refractivity contribution in [2.24, 2.45) is 0 Å². The van der Waals surface area contributed by atoms with Crippen LogP contribution in [0.4, 0.5) is 5.82 Å². The fourth-order valence-corrected chi connectivity index (χ4v) is 7.83. The van der Waals surface area contributed by atoms with E-state index in [1.54, 1.807) is 24.3 Å². The van der Waals surface area contributed by atoms with Crippen molar-refractivity contribution in [2.45, 2.75) is 40.7 Å². The van der Waals surface area contributed by atoms with E-state index in [-0.39, 0.29) is 17.4 Å². The number of fused-ring (bicyclic) bond motifs is 2. The number of aromatic nitrogens is 2. The number of nitrogens with two attached hydrogens (primary N) is 1. The highest BCUT2D eigenvalue weighted by Crippen LogP contribution is 2.41. The standard InChI is InChI=1S/C25H23Cl2N5O4S3/c26-13-6-7-15(27)17(9-13)38-11-18(33)30-19-22(34)32-20(24(35)36)12(10-39-23(19)32)3-2-8-37-25-29-16-5-1-4-14(16)21(28)31-25/h2-3,6-7,9,19,23H,1,4-5,8,10-11H2,(H,30,33)(H,35,36)(H2,28,29,31)/b3-2+/t19-,23?/m1/s1. The Hall–Kier alpha value is -2.38. The summed E-state index contributed by atoms with van der Waals surface area (Å²) >= 11 is 16.2. The Morgan fingerprint density at radius 1 is 1.26 bits per heavy atom. The van der Waals surface area contributed by atoms with E-state index < -0.39 is 23.3 Å². The first-order valence-electron chi connectivity index (χ1n) is 12.0. The van der Waals surface area contributed by atoms with Crippen molar-refractivity contribution in [1.29, 1.82) is 0 Å². The summed E-state index contributed by atoms with van der Waals surface area (Å²) < 4.78 is 0. The number of amides is 2. The molecule has 39 heavy (non-hydrogen) atoms. The zero-order chi connectivity index (χ0) is 27.7. The molecular formula is C25H23Cl2N5O4S3. The molecule has 1 aliphatic carbocycles. The first kappa shape index (κ1) is 28.2. The van der Waals surface area contributed by atoms with Gasteiger partial charge in [0, 0.05) is 27.0 Å². The maximum Gasteiger partial charge on any atom is 0.352 e. The highest BCUT2D eigenvalue weighted by Gasteiger charge is 2.53. The number of nitrogens with zero attached hydrogens (tertiary/aromatic N) is 3. The van der Waals surface area contributed by atoms with Gasteiger partial charge in [-0.05, 0) is 43.0 Å². The minimum Gasteiger partial charge on any atom is -0.477 e. The number of carboxylic acid groups (broad SMARTS) is 1. The number of carbonyl (C=O) groups is 3.